The first-order valence-electron chi connectivity index (χ1n) is 16.9. The number of nitrogens with zero attached hydrogens (tertiary/aromatic N) is 1. The van der Waals surface area contributed by atoms with Crippen molar-refractivity contribution < 1.29 is 0 Å². The van der Waals surface area contributed by atoms with Gasteiger partial charge in [0.1, 0.15) is 0 Å². The number of aromatic nitrogens is 1. The summed E-state index contributed by atoms with van der Waals surface area (Å²) in [7, 11) is 0. The highest BCUT2D eigenvalue weighted by Gasteiger charge is 2.21. The molecule has 0 aliphatic rings. The minimum atomic E-state index is 1.17. The summed E-state index contributed by atoms with van der Waals surface area (Å²) in [4.78, 5) is 0. The van der Waals surface area contributed by atoms with Crippen molar-refractivity contribution in [3.8, 4) is 39.1 Å². The fraction of sp³-hybridized carbons (Fsp3) is 0. The lowest BCUT2D eigenvalue weighted by Crippen LogP contribution is -1.93. The number of rotatable bonds is 4. The molecule has 0 aliphatic heterocycles. The Morgan fingerprint density at radius 1 is 0.306 bits per heavy atom. The van der Waals surface area contributed by atoms with E-state index in [0.717, 1.165) is 0 Å². The summed E-state index contributed by atoms with van der Waals surface area (Å²) in [6, 6.07) is 68.7. The van der Waals surface area contributed by atoms with Crippen molar-refractivity contribution >= 4 is 54.1 Å². The van der Waals surface area contributed by atoms with E-state index in [1.54, 1.807) is 0 Å². The van der Waals surface area contributed by atoms with Crippen LogP contribution in [0.15, 0.2) is 188 Å². The summed E-state index contributed by atoms with van der Waals surface area (Å²) in [5.41, 5.74) is 11.1. The van der Waals surface area contributed by atoms with Crippen LogP contribution < -0.4 is 0 Å². The van der Waals surface area contributed by atoms with Gasteiger partial charge < -0.3 is 4.57 Å². The Labute approximate surface area is 284 Å². The van der Waals surface area contributed by atoms with Crippen LogP contribution in [-0.2, 0) is 0 Å². The quantitative estimate of drug-likeness (QED) is 0.172. The Kier molecular flexibility index (Phi) is 6.25. The molecule has 1 heteroatoms. The van der Waals surface area contributed by atoms with E-state index in [1.165, 1.54) is 93.2 Å². The van der Waals surface area contributed by atoms with Crippen LogP contribution in [0.2, 0.25) is 0 Å². The molecule has 0 saturated carbocycles. The average Bonchev–Trinajstić information content (AvgIpc) is 3.52. The minimum Gasteiger partial charge on any atom is -0.309 e. The van der Waals surface area contributed by atoms with Gasteiger partial charge in [0.05, 0.1) is 11.0 Å². The summed E-state index contributed by atoms with van der Waals surface area (Å²) in [6.07, 6.45) is 0. The van der Waals surface area contributed by atoms with Crippen LogP contribution in [0, 0.1) is 0 Å². The molecule has 0 bridgehead atoms. The predicted octanol–water partition coefficient (Wildman–Crippen LogP) is 13.2. The molecule has 9 aromatic carbocycles. The topological polar surface area (TPSA) is 4.93 Å². The molecule has 1 nitrogen and oxygen atoms in total. The molecule has 10 rings (SSSR count). The Morgan fingerprint density at radius 2 is 0.837 bits per heavy atom. The number of para-hydroxylation sites is 2. The SMILES string of the molecule is c1ccc(-n2c3ccccc3c3c(-c4c5ccccc5c(-c5ccc(-c6ccc7ccccc7c6)cc5)c5ccccc45)cccc32)cc1. The zero-order chi connectivity index (χ0) is 32.3. The van der Waals surface area contributed by atoms with Crippen molar-refractivity contribution in [2.45, 2.75) is 0 Å². The Bertz CT molecular complexity index is 2800. The second-order valence-electron chi connectivity index (χ2n) is 12.9. The van der Waals surface area contributed by atoms with E-state index in [2.05, 4.69) is 193 Å². The molecule has 0 atom stereocenters. The molecule has 1 heterocycles. The molecule has 49 heavy (non-hydrogen) atoms. The summed E-state index contributed by atoms with van der Waals surface area (Å²) < 4.78 is 2.41. The van der Waals surface area contributed by atoms with Crippen molar-refractivity contribution in [1.29, 1.82) is 0 Å². The minimum absolute atomic E-state index is 1.17. The lowest BCUT2D eigenvalue weighted by atomic mass is 9.84. The molecular weight excluding hydrogens is 591 g/mol. The molecule has 0 aliphatic carbocycles. The largest absolute Gasteiger partial charge is 0.309 e. The zero-order valence-electron chi connectivity index (χ0n) is 26.8. The van der Waals surface area contributed by atoms with Crippen molar-refractivity contribution in [2.75, 3.05) is 0 Å². The van der Waals surface area contributed by atoms with Crippen molar-refractivity contribution in [3.05, 3.63) is 188 Å². The van der Waals surface area contributed by atoms with E-state index in [0.29, 0.717) is 0 Å². The lowest BCUT2D eigenvalue weighted by Gasteiger charge is -2.18. The molecule has 10 aromatic rings. The fourth-order valence-corrected chi connectivity index (χ4v) is 8.01. The second-order valence-corrected chi connectivity index (χ2v) is 12.9. The van der Waals surface area contributed by atoms with Crippen molar-refractivity contribution in [1.82, 2.24) is 4.57 Å². The van der Waals surface area contributed by atoms with Gasteiger partial charge >= 0.3 is 0 Å². The van der Waals surface area contributed by atoms with Gasteiger partial charge in [-0.3, -0.25) is 0 Å². The average molecular weight is 622 g/mol. The Morgan fingerprint density at radius 3 is 1.55 bits per heavy atom. The van der Waals surface area contributed by atoms with Gasteiger partial charge in [0.15, 0.2) is 0 Å². The highest BCUT2D eigenvalue weighted by Crippen LogP contribution is 2.47. The third-order valence-corrected chi connectivity index (χ3v) is 10.2. The first-order chi connectivity index (χ1) is 24.3. The van der Waals surface area contributed by atoms with Gasteiger partial charge in [0.25, 0.3) is 0 Å². The zero-order valence-corrected chi connectivity index (χ0v) is 26.8. The predicted molar refractivity (Wildman–Crippen MR) is 210 cm³/mol. The Hall–Kier alpha value is -6.44. The van der Waals surface area contributed by atoms with Gasteiger partial charge in [-0.2, -0.15) is 0 Å². The molecule has 228 valence electrons. The van der Waals surface area contributed by atoms with E-state index < -0.39 is 0 Å². The third-order valence-electron chi connectivity index (χ3n) is 10.2. The van der Waals surface area contributed by atoms with Gasteiger partial charge in [0, 0.05) is 16.5 Å². The number of hydrogen-bond donors (Lipinski definition) is 0. The molecule has 0 radical (unpaired) electrons. The van der Waals surface area contributed by atoms with Gasteiger partial charge in [0.2, 0.25) is 0 Å². The summed E-state index contributed by atoms with van der Waals surface area (Å²) in [6.45, 7) is 0. The maximum Gasteiger partial charge on any atom is 0.0547 e. The third kappa shape index (κ3) is 4.33. The van der Waals surface area contributed by atoms with Crippen LogP contribution in [0.3, 0.4) is 0 Å². The molecule has 1 aromatic heterocycles. The van der Waals surface area contributed by atoms with Crippen LogP contribution in [0.5, 0.6) is 0 Å². The molecule has 0 fully saturated rings. The normalized spacial score (nSPS) is 11.7. The fourth-order valence-electron chi connectivity index (χ4n) is 8.01. The lowest BCUT2D eigenvalue weighted by molar-refractivity contribution is 1.18. The summed E-state index contributed by atoms with van der Waals surface area (Å²) >= 11 is 0. The molecule has 0 unspecified atom stereocenters. The van der Waals surface area contributed by atoms with E-state index in [1.807, 2.05) is 0 Å². The molecular formula is C48H31N. The summed E-state index contributed by atoms with van der Waals surface area (Å²) in [5.74, 6) is 0. The van der Waals surface area contributed by atoms with Gasteiger partial charge in [-0.1, -0.05) is 158 Å². The smallest absolute Gasteiger partial charge is 0.0547 e. The summed E-state index contributed by atoms with van der Waals surface area (Å²) in [5, 5.41) is 10.1. The maximum atomic E-state index is 2.41. The standard InChI is InChI=1S/C48H31N/c1-2-15-37(16-3-1)49-44-23-11-10-21-42(44)48-43(22-12-24-45(48)49)47-40-19-8-6-17-38(40)46(39-18-7-9-20-41(39)47)34-28-25-33(26-29-34)36-30-27-32-13-4-5-14-35(32)31-36/h1-31H. The van der Waals surface area contributed by atoms with Crippen LogP contribution in [-0.4, -0.2) is 4.57 Å². The first-order valence-corrected chi connectivity index (χ1v) is 16.9. The van der Waals surface area contributed by atoms with Crippen molar-refractivity contribution in [3.63, 3.8) is 0 Å². The van der Waals surface area contributed by atoms with E-state index >= 15 is 0 Å². The highest BCUT2D eigenvalue weighted by molar-refractivity contribution is 6.26. The molecule has 0 saturated heterocycles. The van der Waals surface area contributed by atoms with E-state index in [9.17, 15) is 0 Å². The second kappa shape index (κ2) is 11.1. The van der Waals surface area contributed by atoms with Crippen molar-refractivity contribution in [2.24, 2.45) is 0 Å². The monoisotopic (exact) mass is 621 g/mol. The van der Waals surface area contributed by atoms with E-state index in [4.69, 9.17) is 0 Å². The van der Waals surface area contributed by atoms with Crippen LogP contribution in [0.4, 0.5) is 0 Å². The first kappa shape index (κ1) is 27.7. The Balaban J connectivity index is 1.22. The number of benzene rings is 9. The van der Waals surface area contributed by atoms with Crippen LogP contribution >= 0.6 is 0 Å². The number of hydrogen-bond acceptors (Lipinski definition) is 0. The van der Waals surface area contributed by atoms with Crippen LogP contribution in [0.1, 0.15) is 0 Å². The molecule has 0 N–H and O–H groups in total. The number of fused-ring (bicyclic) bond motifs is 6. The van der Waals surface area contributed by atoms with Gasteiger partial charge in [-0.05, 0) is 96.0 Å². The molecule has 0 amide bonds. The van der Waals surface area contributed by atoms with Gasteiger partial charge in [-0.25, -0.2) is 0 Å². The van der Waals surface area contributed by atoms with Crippen LogP contribution in [0.25, 0.3) is 93.2 Å². The molecule has 0 spiro atoms. The van der Waals surface area contributed by atoms with E-state index in [-0.39, 0.29) is 0 Å². The van der Waals surface area contributed by atoms with Gasteiger partial charge in [-0.15, -0.1) is 0 Å². The maximum absolute atomic E-state index is 2.41. The highest BCUT2D eigenvalue weighted by atomic mass is 15.0.